The number of amides is 3. The summed E-state index contributed by atoms with van der Waals surface area (Å²) < 4.78 is 0. The molecule has 4 atom stereocenters. The first-order valence-corrected chi connectivity index (χ1v) is 8.62. The van der Waals surface area contributed by atoms with Crippen molar-refractivity contribution < 1.29 is 34.5 Å². The molecule has 12 heteroatoms. The molecular formula is C14H24N4O7S. The van der Waals surface area contributed by atoms with E-state index in [-0.39, 0.29) is 12.3 Å². The molecule has 11 nitrogen and oxygen atoms in total. The molecule has 0 aromatic heterocycles. The lowest BCUT2D eigenvalue weighted by Gasteiger charge is -2.29. The van der Waals surface area contributed by atoms with E-state index < -0.39 is 61.1 Å². The van der Waals surface area contributed by atoms with Crippen molar-refractivity contribution in [2.24, 2.45) is 5.73 Å². The number of hydrogen-bond donors (Lipinski definition) is 7. The molecule has 4 unspecified atom stereocenters. The topological polar surface area (TPSA) is 182 Å². The summed E-state index contributed by atoms with van der Waals surface area (Å²) in [4.78, 5) is 48.8. The van der Waals surface area contributed by atoms with E-state index in [1.54, 1.807) is 0 Å². The van der Waals surface area contributed by atoms with Gasteiger partial charge >= 0.3 is 5.97 Å². The number of aliphatic hydroxyl groups is 2. The van der Waals surface area contributed by atoms with Crippen LogP contribution in [0.5, 0.6) is 0 Å². The first-order valence-electron chi connectivity index (χ1n) is 7.99. The third kappa shape index (κ3) is 5.56. The smallest absolute Gasteiger partial charge is 0.328 e. The molecule has 0 saturated carbocycles. The largest absolute Gasteiger partial charge is 0.480 e. The van der Waals surface area contributed by atoms with E-state index in [0.717, 1.165) is 0 Å². The lowest BCUT2D eigenvalue weighted by atomic mass is 10.1. The summed E-state index contributed by atoms with van der Waals surface area (Å²) in [5, 5.41) is 31.3. The van der Waals surface area contributed by atoms with E-state index in [1.165, 1.54) is 4.90 Å². The number of aliphatic carboxylic acids is 1. The summed E-state index contributed by atoms with van der Waals surface area (Å²) in [6, 6.07) is -4.63. The van der Waals surface area contributed by atoms with Crippen molar-refractivity contribution in [2.45, 2.75) is 37.0 Å². The Kier molecular flexibility index (Phi) is 8.78. The molecule has 1 aliphatic rings. The Hall–Kier alpha value is -1.89. The van der Waals surface area contributed by atoms with Gasteiger partial charge in [0.1, 0.15) is 24.2 Å². The molecule has 0 spiro atoms. The van der Waals surface area contributed by atoms with Crippen molar-refractivity contribution in [1.82, 2.24) is 15.5 Å². The van der Waals surface area contributed by atoms with E-state index in [4.69, 9.17) is 21.1 Å². The highest BCUT2D eigenvalue weighted by atomic mass is 32.1. The zero-order valence-electron chi connectivity index (χ0n) is 14.0. The highest BCUT2D eigenvalue weighted by Crippen LogP contribution is 2.19. The van der Waals surface area contributed by atoms with Crippen LogP contribution in [0.15, 0.2) is 0 Å². The van der Waals surface area contributed by atoms with Crippen molar-refractivity contribution in [2.75, 3.05) is 25.5 Å². The van der Waals surface area contributed by atoms with Gasteiger partial charge in [0.2, 0.25) is 17.7 Å². The Morgan fingerprint density at radius 3 is 2.31 bits per heavy atom. The molecule has 7 N–H and O–H groups in total. The van der Waals surface area contributed by atoms with Crippen molar-refractivity contribution >= 4 is 36.3 Å². The number of nitrogens with two attached hydrogens (primary N) is 1. The standard InChI is InChI=1S/C14H24N4O7S/c15-7(4-19)11(21)17-9(6-26)13(23)18-3-1-2-10(18)12(22)16-8(5-20)14(24)25/h7-10,19-20,26H,1-6,15H2,(H,16,22)(H,17,21)(H,24,25). The zero-order chi connectivity index (χ0) is 19.9. The monoisotopic (exact) mass is 392 g/mol. The molecular weight excluding hydrogens is 368 g/mol. The lowest BCUT2D eigenvalue weighted by molar-refractivity contribution is -0.145. The van der Waals surface area contributed by atoms with Gasteiger partial charge in [-0.1, -0.05) is 0 Å². The number of likely N-dealkylation sites (tertiary alicyclic amines) is 1. The number of rotatable bonds is 9. The number of hydrogen-bond acceptors (Lipinski definition) is 8. The number of nitrogens with zero attached hydrogens (tertiary/aromatic N) is 1. The van der Waals surface area contributed by atoms with Crippen molar-refractivity contribution in [1.29, 1.82) is 0 Å². The molecule has 0 aromatic carbocycles. The Morgan fingerprint density at radius 1 is 1.15 bits per heavy atom. The number of carbonyl (C=O) groups excluding carboxylic acids is 3. The lowest BCUT2D eigenvalue weighted by Crippen LogP contribution is -2.58. The third-order valence-electron chi connectivity index (χ3n) is 3.97. The van der Waals surface area contributed by atoms with Crippen molar-refractivity contribution in [3.8, 4) is 0 Å². The van der Waals surface area contributed by atoms with E-state index in [9.17, 15) is 19.2 Å². The van der Waals surface area contributed by atoms with Crippen LogP contribution in [-0.4, -0.2) is 93.6 Å². The van der Waals surface area contributed by atoms with Gasteiger partial charge in [-0.3, -0.25) is 14.4 Å². The summed E-state index contributed by atoms with van der Waals surface area (Å²) in [6.07, 6.45) is 0.836. The van der Waals surface area contributed by atoms with Gasteiger partial charge in [0, 0.05) is 12.3 Å². The van der Waals surface area contributed by atoms with Crippen LogP contribution in [-0.2, 0) is 19.2 Å². The van der Waals surface area contributed by atoms with Crippen LogP contribution in [0, 0.1) is 0 Å². The number of carbonyl (C=O) groups is 4. The Labute approximate surface area is 155 Å². The summed E-state index contributed by atoms with van der Waals surface area (Å²) in [5.41, 5.74) is 5.39. The van der Waals surface area contributed by atoms with Gasteiger partial charge in [-0.25, -0.2) is 4.79 Å². The summed E-state index contributed by atoms with van der Waals surface area (Å²) in [7, 11) is 0. The number of carboxylic acid groups (broad SMARTS) is 1. The maximum atomic E-state index is 12.6. The van der Waals surface area contributed by atoms with E-state index >= 15 is 0 Å². The minimum atomic E-state index is -1.47. The molecule has 0 aromatic rings. The molecule has 1 heterocycles. The SMILES string of the molecule is NC(CO)C(=O)NC(CS)C(=O)N1CCCC1C(=O)NC(CO)C(=O)O. The van der Waals surface area contributed by atoms with Crippen molar-refractivity contribution in [3.05, 3.63) is 0 Å². The second-order valence-electron chi connectivity index (χ2n) is 5.80. The Morgan fingerprint density at radius 2 is 1.81 bits per heavy atom. The van der Waals surface area contributed by atoms with Gasteiger partial charge < -0.3 is 36.6 Å². The average Bonchev–Trinajstić information content (AvgIpc) is 3.11. The number of nitrogens with one attached hydrogen (secondary N) is 2. The number of thiol groups is 1. The minimum Gasteiger partial charge on any atom is -0.480 e. The summed E-state index contributed by atoms with van der Waals surface area (Å²) in [5.74, 6) is -3.44. The second-order valence-corrected chi connectivity index (χ2v) is 6.17. The van der Waals surface area contributed by atoms with Gasteiger partial charge in [0.05, 0.1) is 13.2 Å². The normalized spacial score (nSPS) is 20.2. The second kappa shape index (κ2) is 10.3. The van der Waals surface area contributed by atoms with Crippen LogP contribution < -0.4 is 16.4 Å². The zero-order valence-corrected chi connectivity index (χ0v) is 14.9. The predicted molar refractivity (Wildman–Crippen MR) is 92.2 cm³/mol. The first-order chi connectivity index (χ1) is 12.3. The van der Waals surface area contributed by atoms with Gasteiger partial charge in [0.15, 0.2) is 0 Å². The molecule has 1 aliphatic heterocycles. The molecule has 148 valence electrons. The van der Waals surface area contributed by atoms with Crippen LogP contribution >= 0.6 is 12.6 Å². The summed E-state index contributed by atoms with van der Waals surface area (Å²) >= 11 is 4.02. The third-order valence-corrected chi connectivity index (χ3v) is 4.33. The fraction of sp³-hybridized carbons (Fsp3) is 0.714. The highest BCUT2D eigenvalue weighted by molar-refractivity contribution is 7.80. The van der Waals surface area contributed by atoms with Crippen molar-refractivity contribution in [3.63, 3.8) is 0 Å². The van der Waals surface area contributed by atoms with Gasteiger partial charge in [-0.05, 0) is 12.8 Å². The predicted octanol–water partition coefficient (Wildman–Crippen LogP) is -3.73. The van der Waals surface area contributed by atoms with E-state index in [2.05, 4.69) is 23.3 Å². The van der Waals surface area contributed by atoms with Crippen LogP contribution in [0.4, 0.5) is 0 Å². The van der Waals surface area contributed by atoms with Gasteiger partial charge in [-0.2, -0.15) is 12.6 Å². The molecule has 0 radical (unpaired) electrons. The van der Waals surface area contributed by atoms with Gasteiger partial charge in [0.25, 0.3) is 0 Å². The summed E-state index contributed by atoms with van der Waals surface area (Å²) in [6.45, 7) is -1.12. The maximum Gasteiger partial charge on any atom is 0.328 e. The fourth-order valence-corrected chi connectivity index (χ4v) is 2.75. The van der Waals surface area contributed by atoms with Crippen LogP contribution in [0.1, 0.15) is 12.8 Å². The highest BCUT2D eigenvalue weighted by Gasteiger charge is 2.38. The molecule has 0 aliphatic carbocycles. The number of carboxylic acids is 1. The fourth-order valence-electron chi connectivity index (χ4n) is 2.50. The molecule has 3 amide bonds. The quantitative estimate of drug-likeness (QED) is 0.195. The molecule has 1 rings (SSSR count). The van der Waals surface area contributed by atoms with Gasteiger partial charge in [-0.15, -0.1) is 0 Å². The molecule has 1 saturated heterocycles. The van der Waals surface area contributed by atoms with Crippen LogP contribution in [0.25, 0.3) is 0 Å². The minimum absolute atomic E-state index is 0.0536. The molecule has 26 heavy (non-hydrogen) atoms. The molecule has 1 fully saturated rings. The average molecular weight is 392 g/mol. The van der Waals surface area contributed by atoms with E-state index in [1.807, 2.05) is 0 Å². The first kappa shape index (κ1) is 22.2. The maximum absolute atomic E-state index is 12.6. The Bertz CT molecular complexity index is 547. The van der Waals surface area contributed by atoms with Crippen LogP contribution in [0.2, 0.25) is 0 Å². The Balaban J connectivity index is 2.80. The molecule has 0 bridgehead atoms. The van der Waals surface area contributed by atoms with Crippen LogP contribution in [0.3, 0.4) is 0 Å². The van der Waals surface area contributed by atoms with E-state index in [0.29, 0.717) is 12.8 Å². The number of aliphatic hydroxyl groups excluding tert-OH is 2.